The van der Waals surface area contributed by atoms with Crippen molar-refractivity contribution in [3.63, 3.8) is 0 Å². The van der Waals surface area contributed by atoms with Crippen LogP contribution < -0.4 is 11.1 Å². The van der Waals surface area contributed by atoms with E-state index in [2.05, 4.69) is 5.32 Å². The predicted octanol–water partition coefficient (Wildman–Crippen LogP) is 0.593. The molecule has 1 spiro atoms. The molecule has 0 aliphatic carbocycles. The number of amides is 3. The molecule has 3 amide bonds. The van der Waals surface area contributed by atoms with Crippen LogP contribution in [-0.4, -0.2) is 42.0 Å². The van der Waals surface area contributed by atoms with E-state index in [0.717, 1.165) is 5.56 Å². The first-order chi connectivity index (χ1) is 10.5. The molecule has 0 unspecified atom stereocenters. The molecule has 3 N–H and O–H groups in total. The summed E-state index contributed by atoms with van der Waals surface area (Å²) < 4.78 is 4.98. The van der Waals surface area contributed by atoms with Crippen molar-refractivity contribution in [2.24, 2.45) is 5.73 Å². The molecule has 3 rings (SSSR count). The van der Waals surface area contributed by atoms with Crippen molar-refractivity contribution in [2.45, 2.75) is 24.8 Å². The third-order valence-corrected chi connectivity index (χ3v) is 4.31. The number of nitrogens with one attached hydrogen (secondary N) is 1. The molecule has 22 heavy (non-hydrogen) atoms. The Morgan fingerprint density at radius 1 is 1.45 bits per heavy atom. The van der Waals surface area contributed by atoms with Crippen LogP contribution in [0, 0.1) is 0 Å². The Balaban J connectivity index is 2.01. The molecule has 116 valence electrons. The van der Waals surface area contributed by atoms with E-state index in [4.69, 9.17) is 10.5 Å². The fourth-order valence-electron chi connectivity index (χ4n) is 3.29. The summed E-state index contributed by atoms with van der Waals surface area (Å²) in [5, 5.41) is 2.81. The van der Waals surface area contributed by atoms with Crippen molar-refractivity contribution in [3.8, 4) is 0 Å². The molecule has 2 heterocycles. The van der Waals surface area contributed by atoms with Gasteiger partial charge in [-0.3, -0.25) is 14.5 Å². The maximum absolute atomic E-state index is 12.5. The second-order valence-electron chi connectivity index (χ2n) is 5.53. The number of anilines is 1. The van der Waals surface area contributed by atoms with Gasteiger partial charge < -0.3 is 15.8 Å². The second-order valence-corrected chi connectivity index (χ2v) is 5.53. The predicted molar refractivity (Wildman–Crippen MR) is 78.1 cm³/mol. The third kappa shape index (κ3) is 1.93. The van der Waals surface area contributed by atoms with Gasteiger partial charge in [-0.25, -0.2) is 4.79 Å². The van der Waals surface area contributed by atoms with E-state index in [0.29, 0.717) is 5.69 Å². The van der Waals surface area contributed by atoms with Crippen LogP contribution in [0.25, 0.3) is 0 Å². The molecule has 2 aliphatic rings. The number of para-hydroxylation sites is 1. The van der Waals surface area contributed by atoms with Crippen molar-refractivity contribution < 1.29 is 19.1 Å². The molecular formula is C15H17N3O4. The summed E-state index contributed by atoms with van der Waals surface area (Å²) >= 11 is 0. The standard InChI is InChI=1S/C15H17N3O4/c1-2-22-14(21)18-8-15(7-11(18)12(16)19)9-5-3-4-6-10(9)17-13(15)20/h3-6,11H,2,7-8H2,1H3,(H2,16,19)(H,17,20)/t11-,15-/m0/s1. The highest BCUT2D eigenvalue weighted by Crippen LogP contribution is 2.46. The number of hydrogen-bond donors (Lipinski definition) is 2. The maximum atomic E-state index is 12.5. The first-order valence-electron chi connectivity index (χ1n) is 7.13. The Bertz CT molecular complexity index is 660. The maximum Gasteiger partial charge on any atom is 0.410 e. The fourth-order valence-corrected chi connectivity index (χ4v) is 3.29. The Kier molecular flexibility index (Phi) is 3.27. The molecule has 2 aliphatic heterocycles. The van der Waals surface area contributed by atoms with E-state index < -0.39 is 23.5 Å². The van der Waals surface area contributed by atoms with E-state index in [1.807, 2.05) is 18.2 Å². The summed E-state index contributed by atoms with van der Waals surface area (Å²) in [4.78, 5) is 37.6. The SMILES string of the molecule is CCOC(=O)N1C[C@]2(C[C@H]1C(N)=O)C(=O)Nc1ccccc12. The molecule has 0 radical (unpaired) electrons. The summed E-state index contributed by atoms with van der Waals surface area (Å²) in [6.07, 6.45) is -0.454. The third-order valence-electron chi connectivity index (χ3n) is 4.31. The van der Waals surface area contributed by atoms with Gasteiger partial charge in [-0.2, -0.15) is 0 Å². The first-order valence-corrected chi connectivity index (χ1v) is 7.13. The van der Waals surface area contributed by atoms with Crippen molar-refractivity contribution in [3.05, 3.63) is 29.8 Å². The minimum atomic E-state index is -0.941. The lowest BCUT2D eigenvalue weighted by molar-refractivity contribution is -0.122. The number of ether oxygens (including phenoxy) is 1. The van der Waals surface area contributed by atoms with Crippen molar-refractivity contribution in [1.82, 2.24) is 4.90 Å². The van der Waals surface area contributed by atoms with Crippen LogP contribution >= 0.6 is 0 Å². The van der Waals surface area contributed by atoms with Crippen molar-refractivity contribution in [1.29, 1.82) is 0 Å². The molecule has 0 aromatic heterocycles. The molecule has 0 saturated carbocycles. The number of carbonyl (C=O) groups is 3. The molecule has 1 aromatic rings. The summed E-state index contributed by atoms with van der Waals surface area (Å²) in [6.45, 7) is 1.96. The quantitative estimate of drug-likeness (QED) is 0.835. The van der Waals surface area contributed by atoms with Crippen LogP contribution in [0.15, 0.2) is 24.3 Å². The zero-order chi connectivity index (χ0) is 15.9. The molecule has 2 atom stereocenters. The zero-order valence-corrected chi connectivity index (χ0v) is 12.2. The largest absolute Gasteiger partial charge is 0.450 e. The molecule has 7 nitrogen and oxygen atoms in total. The highest BCUT2D eigenvalue weighted by atomic mass is 16.6. The molecule has 1 saturated heterocycles. The van der Waals surface area contributed by atoms with E-state index >= 15 is 0 Å². The summed E-state index contributed by atoms with van der Waals surface area (Å²) in [6, 6.07) is 6.43. The number of hydrogen-bond acceptors (Lipinski definition) is 4. The molecular weight excluding hydrogens is 286 g/mol. The van der Waals surface area contributed by atoms with E-state index in [-0.39, 0.29) is 25.5 Å². The average Bonchev–Trinajstić information content (AvgIpc) is 3.01. The Morgan fingerprint density at radius 3 is 2.86 bits per heavy atom. The normalized spacial score (nSPS) is 26.0. The Morgan fingerprint density at radius 2 is 2.18 bits per heavy atom. The fraction of sp³-hybridized carbons (Fsp3) is 0.400. The number of benzene rings is 1. The average molecular weight is 303 g/mol. The minimum Gasteiger partial charge on any atom is -0.450 e. The number of nitrogens with zero attached hydrogens (tertiary/aromatic N) is 1. The highest BCUT2D eigenvalue weighted by molar-refractivity contribution is 6.08. The lowest BCUT2D eigenvalue weighted by Crippen LogP contribution is -2.44. The highest BCUT2D eigenvalue weighted by Gasteiger charge is 2.57. The van der Waals surface area contributed by atoms with Gasteiger partial charge in [0.15, 0.2) is 0 Å². The van der Waals surface area contributed by atoms with E-state index in [1.165, 1.54) is 4.90 Å². The van der Waals surface area contributed by atoms with Gasteiger partial charge in [0.1, 0.15) is 6.04 Å². The lowest BCUT2D eigenvalue weighted by Gasteiger charge is -2.22. The Hall–Kier alpha value is -2.57. The van der Waals surface area contributed by atoms with Gasteiger partial charge in [0.05, 0.1) is 12.0 Å². The molecule has 1 aromatic carbocycles. The minimum absolute atomic E-state index is 0.0856. The Labute approximate surface area is 127 Å². The second kappa shape index (κ2) is 5.01. The van der Waals surface area contributed by atoms with Crippen LogP contribution in [0.2, 0.25) is 0 Å². The van der Waals surface area contributed by atoms with Gasteiger partial charge in [-0.15, -0.1) is 0 Å². The van der Waals surface area contributed by atoms with Crippen molar-refractivity contribution in [2.75, 3.05) is 18.5 Å². The van der Waals surface area contributed by atoms with Crippen LogP contribution in [0.5, 0.6) is 0 Å². The van der Waals surface area contributed by atoms with Crippen LogP contribution in [0.3, 0.4) is 0 Å². The number of fused-ring (bicyclic) bond motifs is 2. The topological polar surface area (TPSA) is 102 Å². The molecule has 7 heteroatoms. The smallest absolute Gasteiger partial charge is 0.410 e. The van der Waals surface area contributed by atoms with E-state index in [1.54, 1.807) is 13.0 Å². The number of carbonyl (C=O) groups excluding carboxylic acids is 3. The van der Waals surface area contributed by atoms with E-state index in [9.17, 15) is 14.4 Å². The van der Waals surface area contributed by atoms with Gasteiger partial charge in [0.25, 0.3) is 0 Å². The van der Waals surface area contributed by atoms with Crippen molar-refractivity contribution >= 4 is 23.6 Å². The van der Waals surface area contributed by atoms with Gasteiger partial charge >= 0.3 is 6.09 Å². The summed E-state index contributed by atoms with van der Waals surface area (Å²) in [5.41, 5.74) is 5.98. The lowest BCUT2D eigenvalue weighted by atomic mass is 9.79. The van der Waals surface area contributed by atoms with Gasteiger partial charge in [0, 0.05) is 12.2 Å². The number of rotatable bonds is 2. The molecule has 0 bridgehead atoms. The van der Waals surface area contributed by atoms with Gasteiger partial charge in [-0.1, -0.05) is 18.2 Å². The van der Waals surface area contributed by atoms with Crippen LogP contribution in [-0.2, 0) is 19.7 Å². The molecule has 1 fully saturated rings. The number of primary amides is 1. The van der Waals surface area contributed by atoms with Crippen LogP contribution in [0.4, 0.5) is 10.5 Å². The monoisotopic (exact) mass is 303 g/mol. The van der Waals surface area contributed by atoms with Crippen LogP contribution in [0.1, 0.15) is 18.9 Å². The zero-order valence-electron chi connectivity index (χ0n) is 12.2. The summed E-state index contributed by atoms with van der Waals surface area (Å²) in [7, 11) is 0. The summed E-state index contributed by atoms with van der Waals surface area (Å²) in [5.74, 6) is -0.853. The number of likely N-dealkylation sites (tertiary alicyclic amines) is 1. The first kappa shape index (κ1) is 14.4. The number of nitrogens with two attached hydrogens (primary N) is 1. The van der Waals surface area contributed by atoms with Gasteiger partial charge in [-0.05, 0) is 25.0 Å². The van der Waals surface area contributed by atoms with Gasteiger partial charge in [0.2, 0.25) is 11.8 Å².